The monoisotopic (exact) mass is 330 g/mol. The third-order valence-corrected chi connectivity index (χ3v) is 4.55. The standard InChI is InChI=1S/C14H11ClN6S/c1-8-6-11(17-16-8)13-18-19-14-21(13)20-12(7-22-14)9-4-2-3-5-10(9)15/h2-6H,7H2,1H3,(H,16,17). The summed E-state index contributed by atoms with van der Waals surface area (Å²) in [6, 6.07) is 9.61. The van der Waals surface area contributed by atoms with E-state index in [2.05, 4.69) is 25.5 Å². The van der Waals surface area contributed by atoms with E-state index in [1.165, 1.54) is 0 Å². The number of rotatable bonds is 2. The summed E-state index contributed by atoms with van der Waals surface area (Å²) in [5.74, 6) is 1.33. The van der Waals surface area contributed by atoms with Gasteiger partial charge in [0.1, 0.15) is 5.69 Å². The normalized spacial score (nSPS) is 13.8. The summed E-state index contributed by atoms with van der Waals surface area (Å²) in [6.07, 6.45) is 0. The number of nitrogens with zero attached hydrogens (tertiary/aromatic N) is 5. The zero-order chi connectivity index (χ0) is 15.1. The van der Waals surface area contributed by atoms with Crippen molar-refractivity contribution in [3.8, 4) is 11.5 Å². The van der Waals surface area contributed by atoms with Crippen LogP contribution in [0.4, 0.5) is 0 Å². The highest BCUT2D eigenvalue weighted by Gasteiger charge is 2.22. The molecule has 0 unspecified atom stereocenters. The molecule has 0 aliphatic carbocycles. The van der Waals surface area contributed by atoms with Gasteiger partial charge >= 0.3 is 0 Å². The second-order valence-corrected chi connectivity index (χ2v) is 6.22. The van der Waals surface area contributed by atoms with Crippen molar-refractivity contribution in [1.29, 1.82) is 0 Å². The number of hydrogen-bond donors (Lipinski definition) is 1. The number of aromatic nitrogens is 5. The molecule has 110 valence electrons. The minimum absolute atomic E-state index is 0.621. The highest BCUT2D eigenvalue weighted by Crippen LogP contribution is 2.29. The maximum atomic E-state index is 6.27. The number of hydrogen-bond acceptors (Lipinski definition) is 5. The lowest BCUT2D eigenvalue weighted by molar-refractivity contribution is 0.760. The lowest BCUT2D eigenvalue weighted by Gasteiger charge is -2.14. The summed E-state index contributed by atoms with van der Waals surface area (Å²) >= 11 is 7.86. The number of thioether (sulfide) groups is 1. The first-order valence-electron chi connectivity index (χ1n) is 6.66. The van der Waals surface area contributed by atoms with Crippen LogP contribution in [-0.4, -0.2) is 36.5 Å². The smallest absolute Gasteiger partial charge is 0.212 e. The van der Waals surface area contributed by atoms with E-state index in [1.54, 1.807) is 16.4 Å². The van der Waals surface area contributed by atoms with Gasteiger partial charge in [0.15, 0.2) is 0 Å². The molecule has 1 aromatic carbocycles. The Morgan fingerprint density at radius 1 is 1.27 bits per heavy atom. The first-order chi connectivity index (χ1) is 10.7. The van der Waals surface area contributed by atoms with Gasteiger partial charge in [-0.25, -0.2) is 0 Å². The molecular formula is C14H11ClN6S. The first kappa shape index (κ1) is 13.5. The van der Waals surface area contributed by atoms with Gasteiger partial charge in [0.25, 0.3) is 0 Å². The zero-order valence-corrected chi connectivity index (χ0v) is 13.2. The Balaban J connectivity index is 1.83. The molecule has 22 heavy (non-hydrogen) atoms. The van der Waals surface area contributed by atoms with E-state index in [-0.39, 0.29) is 0 Å². The summed E-state index contributed by atoms with van der Waals surface area (Å²) in [5.41, 5.74) is 3.52. The van der Waals surface area contributed by atoms with Crippen LogP contribution in [0.25, 0.3) is 11.5 Å². The molecule has 1 N–H and O–H groups in total. The van der Waals surface area contributed by atoms with Gasteiger partial charge in [0, 0.05) is 22.0 Å². The average molecular weight is 331 g/mol. The van der Waals surface area contributed by atoms with Gasteiger partial charge in [-0.05, 0) is 19.1 Å². The van der Waals surface area contributed by atoms with Gasteiger partial charge in [0.2, 0.25) is 11.0 Å². The maximum Gasteiger partial charge on any atom is 0.212 e. The van der Waals surface area contributed by atoms with Crippen LogP contribution in [0, 0.1) is 6.92 Å². The van der Waals surface area contributed by atoms with Gasteiger partial charge in [0.05, 0.1) is 5.71 Å². The van der Waals surface area contributed by atoms with Crippen LogP contribution in [0.1, 0.15) is 11.3 Å². The van der Waals surface area contributed by atoms with E-state index in [0.29, 0.717) is 16.6 Å². The second kappa shape index (κ2) is 5.26. The molecule has 0 amide bonds. The molecule has 6 nitrogen and oxygen atoms in total. The van der Waals surface area contributed by atoms with Crippen molar-refractivity contribution >= 4 is 29.1 Å². The Morgan fingerprint density at radius 2 is 2.14 bits per heavy atom. The Bertz CT molecular complexity index is 881. The highest BCUT2D eigenvalue weighted by atomic mass is 35.5. The molecule has 1 aliphatic rings. The van der Waals surface area contributed by atoms with Crippen molar-refractivity contribution in [2.75, 3.05) is 5.75 Å². The number of aromatic amines is 1. The molecule has 2 aromatic heterocycles. The average Bonchev–Trinajstić information content (AvgIpc) is 3.13. The molecule has 3 heterocycles. The van der Waals surface area contributed by atoms with Crippen LogP contribution in [0.5, 0.6) is 0 Å². The Morgan fingerprint density at radius 3 is 2.91 bits per heavy atom. The van der Waals surface area contributed by atoms with Crippen molar-refractivity contribution in [3.05, 3.63) is 46.6 Å². The minimum Gasteiger partial charge on any atom is -0.282 e. The minimum atomic E-state index is 0.621. The Kier molecular flexibility index (Phi) is 3.24. The van der Waals surface area contributed by atoms with Crippen LogP contribution in [0.3, 0.4) is 0 Å². The predicted octanol–water partition coefficient (Wildman–Crippen LogP) is 2.99. The Hall–Kier alpha value is -2.12. The number of nitrogens with one attached hydrogen (secondary N) is 1. The number of halogens is 1. The summed E-state index contributed by atoms with van der Waals surface area (Å²) in [4.78, 5) is 0. The molecule has 0 saturated carbocycles. The summed E-state index contributed by atoms with van der Waals surface area (Å²) < 4.78 is 1.72. The van der Waals surface area contributed by atoms with E-state index >= 15 is 0 Å². The van der Waals surface area contributed by atoms with Crippen molar-refractivity contribution in [1.82, 2.24) is 25.1 Å². The predicted molar refractivity (Wildman–Crippen MR) is 86.5 cm³/mol. The van der Waals surface area contributed by atoms with E-state index < -0.39 is 0 Å². The van der Waals surface area contributed by atoms with Gasteiger partial charge in [-0.3, -0.25) is 5.10 Å². The molecule has 3 aromatic rings. The first-order valence-corrected chi connectivity index (χ1v) is 8.02. The molecule has 1 aliphatic heterocycles. The lowest BCUT2D eigenvalue weighted by atomic mass is 10.1. The van der Waals surface area contributed by atoms with E-state index in [1.807, 2.05) is 37.3 Å². The van der Waals surface area contributed by atoms with E-state index in [9.17, 15) is 0 Å². The van der Waals surface area contributed by atoms with Crippen molar-refractivity contribution in [2.45, 2.75) is 12.1 Å². The van der Waals surface area contributed by atoms with Gasteiger partial charge < -0.3 is 0 Å². The fourth-order valence-electron chi connectivity index (χ4n) is 2.25. The summed E-state index contributed by atoms with van der Waals surface area (Å²) in [5, 5.41) is 21.6. The number of benzene rings is 1. The third-order valence-electron chi connectivity index (χ3n) is 3.29. The number of H-pyrrole nitrogens is 1. The number of fused-ring (bicyclic) bond motifs is 1. The maximum absolute atomic E-state index is 6.27. The molecule has 0 fully saturated rings. The van der Waals surface area contributed by atoms with Crippen LogP contribution in [-0.2, 0) is 0 Å². The molecule has 0 bridgehead atoms. The molecule has 8 heteroatoms. The highest BCUT2D eigenvalue weighted by molar-refractivity contribution is 7.99. The largest absolute Gasteiger partial charge is 0.282 e. The van der Waals surface area contributed by atoms with Crippen LogP contribution in [0.15, 0.2) is 40.6 Å². The quantitative estimate of drug-likeness (QED) is 0.784. The van der Waals surface area contributed by atoms with Gasteiger partial charge in [-0.1, -0.05) is 41.6 Å². The molecule has 0 atom stereocenters. The molecule has 0 saturated heterocycles. The molecule has 4 rings (SSSR count). The van der Waals surface area contributed by atoms with Gasteiger partial charge in [-0.2, -0.15) is 14.9 Å². The molecule has 0 radical (unpaired) electrons. The SMILES string of the molecule is Cc1cc(-c2nnc3n2N=C(c2ccccc2Cl)CS3)n[nH]1. The van der Waals surface area contributed by atoms with Gasteiger partial charge in [-0.15, -0.1) is 10.2 Å². The summed E-state index contributed by atoms with van der Waals surface area (Å²) in [7, 11) is 0. The lowest BCUT2D eigenvalue weighted by Crippen LogP contribution is -2.14. The van der Waals surface area contributed by atoms with Crippen molar-refractivity contribution in [2.24, 2.45) is 5.10 Å². The Labute approximate surface area is 135 Å². The van der Waals surface area contributed by atoms with Crippen LogP contribution in [0.2, 0.25) is 5.02 Å². The zero-order valence-electron chi connectivity index (χ0n) is 11.6. The molecule has 0 spiro atoms. The van der Waals surface area contributed by atoms with Crippen molar-refractivity contribution < 1.29 is 0 Å². The fraction of sp³-hybridized carbons (Fsp3) is 0.143. The van der Waals surface area contributed by atoms with Crippen LogP contribution >= 0.6 is 23.4 Å². The fourth-order valence-corrected chi connectivity index (χ4v) is 3.32. The second-order valence-electron chi connectivity index (χ2n) is 4.87. The van der Waals surface area contributed by atoms with Crippen LogP contribution < -0.4 is 0 Å². The third kappa shape index (κ3) is 2.22. The molecular weight excluding hydrogens is 320 g/mol. The summed E-state index contributed by atoms with van der Waals surface area (Å²) in [6.45, 7) is 1.94. The van der Waals surface area contributed by atoms with E-state index in [4.69, 9.17) is 11.6 Å². The topological polar surface area (TPSA) is 71.8 Å². The number of aryl methyl sites for hydroxylation is 1. The van der Waals surface area contributed by atoms with Crippen molar-refractivity contribution in [3.63, 3.8) is 0 Å². The van der Waals surface area contributed by atoms with E-state index in [0.717, 1.165) is 27.8 Å².